The number of sulfonamides is 1. The van der Waals surface area contributed by atoms with Gasteiger partial charge >= 0.3 is 6.03 Å². The van der Waals surface area contributed by atoms with E-state index in [1.165, 1.54) is 12.1 Å². The normalized spacial score (nSPS) is 22.2. The molecule has 1 aliphatic carbocycles. The van der Waals surface area contributed by atoms with Crippen molar-refractivity contribution in [3.05, 3.63) is 23.8 Å². The molecule has 0 saturated heterocycles. The van der Waals surface area contributed by atoms with E-state index in [4.69, 9.17) is 0 Å². The standard InChI is InChI=1S/C16H18F2N2O4S/c1-10-2-3-14-12(8-10)19-15(22)20(25(14,23)24)9-13(21)11-4-6-16(17,18)7-5-11/h2-3,8,11H,4-7,9H2,1H3,(H,19,22). The summed E-state index contributed by atoms with van der Waals surface area (Å²) in [6, 6.07) is 3.59. The number of halogens is 2. The molecular formula is C16H18F2N2O4S. The number of Topliss-reactive ketones (excluding diaryl/α,β-unsaturated/α-hetero) is 1. The predicted molar refractivity (Wildman–Crippen MR) is 86.0 cm³/mol. The van der Waals surface area contributed by atoms with Crippen LogP contribution in [0.3, 0.4) is 0 Å². The smallest absolute Gasteiger partial charge is 0.306 e. The predicted octanol–water partition coefficient (Wildman–Crippen LogP) is 2.93. The second kappa shape index (κ2) is 6.05. The van der Waals surface area contributed by atoms with Gasteiger partial charge in [-0.15, -0.1) is 0 Å². The first kappa shape index (κ1) is 17.8. The highest BCUT2D eigenvalue weighted by atomic mass is 32.2. The highest BCUT2D eigenvalue weighted by molar-refractivity contribution is 7.90. The topological polar surface area (TPSA) is 83.6 Å². The molecule has 0 unspecified atom stereocenters. The van der Waals surface area contributed by atoms with Gasteiger partial charge in [-0.25, -0.2) is 26.3 Å². The summed E-state index contributed by atoms with van der Waals surface area (Å²) in [6.45, 7) is 1.12. The number of amides is 2. The van der Waals surface area contributed by atoms with Gasteiger partial charge in [-0.05, 0) is 37.5 Å². The fraction of sp³-hybridized carbons (Fsp3) is 0.500. The highest BCUT2D eigenvalue weighted by Crippen LogP contribution is 2.37. The number of anilines is 1. The maximum Gasteiger partial charge on any atom is 0.336 e. The van der Waals surface area contributed by atoms with E-state index in [1.807, 2.05) is 0 Å². The number of carbonyl (C=O) groups excluding carboxylic acids is 2. The zero-order valence-electron chi connectivity index (χ0n) is 13.6. The first-order chi connectivity index (χ1) is 11.6. The number of aryl methyl sites for hydroxylation is 1. The summed E-state index contributed by atoms with van der Waals surface area (Å²) in [6.07, 6.45) is -0.802. The van der Waals surface area contributed by atoms with Crippen LogP contribution in [0.4, 0.5) is 19.3 Å². The van der Waals surface area contributed by atoms with Crippen LogP contribution in [0.2, 0.25) is 0 Å². The van der Waals surface area contributed by atoms with Gasteiger partial charge in [0.05, 0.1) is 12.2 Å². The molecule has 1 aromatic carbocycles. The molecule has 1 N–H and O–H groups in total. The van der Waals surface area contributed by atoms with Gasteiger partial charge < -0.3 is 5.32 Å². The monoisotopic (exact) mass is 372 g/mol. The first-order valence-electron chi connectivity index (χ1n) is 7.95. The number of nitrogens with zero attached hydrogens (tertiary/aromatic N) is 1. The third-order valence-corrected chi connectivity index (χ3v) is 6.43. The average molecular weight is 372 g/mol. The summed E-state index contributed by atoms with van der Waals surface area (Å²) in [4.78, 5) is 24.4. The lowest BCUT2D eigenvalue weighted by molar-refractivity contribution is -0.126. The van der Waals surface area contributed by atoms with Crippen molar-refractivity contribution < 1.29 is 26.8 Å². The van der Waals surface area contributed by atoms with Gasteiger partial charge in [0, 0.05) is 18.8 Å². The molecule has 136 valence electrons. The molecule has 0 atom stereocenters. The molecule has 1 aromatic rings. The van der Waals surface area contributed by atoms with Crippen molar-refractivity contribution in [2.45, 2.75) is 43.4 Å². The molecule has 1 aliphatic heterocycles. The van der Waals surface area contributed by atoms with Gasteiger partial charge in [-0.1, -0.05) is 6.07 Å². The van der Waals surface area contributed by atoms with Gasteiger partial charge in [0.25, 0.3) is 10.0 Å². The van der Waals surface area contributed by atoms with Crippen LogP contribution in [-0.2, 0) is 14.8 Å². The van der Waals surface area contributed by atoms with Crippen LogP contribution in [0, 0.1) is 12.8 Å². The lowest BCUT2D eigenvalue weighted by atomic mass is 9.84. The fourth-order valence-electron chi connectivity index (χ4n) is 3.16. The van der Waals surface area contributed by atoms with Crippen LogP contribution in [0.5, 0.6) is 0 Å². The van der Waals surface area contributed by atoms with Gasteiger partial charge in [-0.2, -0.15) is 0 Å². The van der Waals surface area contributed by atoms with E-state index < -0.39 is 53.1 Å². The Morgan fingerprint density at radius 1 is 1.32 bits per heavy atom. The minimum absolute atomic E-state index is 0.00286. The average Bonchev–Trinajstić information content (AvgIpc) is 2.50. The van der Waals surface area contributed by atoms with Crippen molar-refractivity contribution in [3.63, 3.8) is 0 Å². The van der Waals surface area contributed by atoms with Crippen molar-refractivity contribution in [1.82, 2.24) is 4.31 Å². The number of fused-ring (bicyclic) bond motifs is 1. The number of alkyl halides is 2. The molecule has 2 aliphatic rings. The van der Waals surface area contributed by atoms with Crippen LogP contribution in [0.25, 0.3) is 0 Å². The fourth-order valence-corrected chi connectivity index (χ4v) is 4.59. The number of hydrogen-bond donors (Lipinski definition) is 1. The largest absolute Gasteiger partial charge is 0.336 e. The van der Waals surface area contributed by atoms with E-state index in [0.29, 0.717) is 4.31 Å². The van der Waals surface area contributed by atoms with Crippen molar-refractivity contribution >= 4 is 27.5 Å². The molecule has 0 bridgehead atoms. The van der Waals surface area contributed by atoms with E-state index in [1.54, 1.807) is 13.0 Å². The summed E-state index contributed by atoms with van der Waals surface area (Å²) < 4.78 is 52.2. The molecule has 1 fully saturated rings. The molecule has 6 nitrogen and oxygen atoms in total. The molecular weight excluding hydrogens is 354 g/mol. The molecule has 1 heterocycles. The summed E-state index contributed by atoms with van der Waals surface area (Å²) in [7, 11) is -4.15. The zero-order valence-corrected chi connectivity index (χ0v) is 14.4. The second-order valence-electron chi connectivity index (χ2n) is 6.54. The number of urea groups is 1. The number of benzene rings is 1. The third kappa shape index (κ3) is 3.37. The Hall–Kier alpha value is -2.03. The summed E-state index contributed by atoms with van der Waals surface area (Å²) in [5, 5.41) is 2.46. The third-order valence-electron chi connectivity index (χ3n) is 4.64. The molecule has 0 aromatic heterocycles. The molecule has 2 amide bonds. The Labute approximate surface area is 144 Å². The Balaban J connectivity index is 1.80. The van der Waals surface area contributed by atoms with E-state index in [-0.39, 0.29) is 23.4 Å². The Bertz CT molecular complexity index is 829. The first-order valence-corrected chi connectivity index (χ1v) is 9.39. The second-order valence-corrected chi connectivity index (χ2v) is 8.37. The molecule has 25 heavy (non-hydrogen) atoms. The number of nitrogens with one attached hydrogen (secondary N) is 1. The Morgan fingerprint density at radius 2 is 1.96 bits per heavy atom. The van der Waals surface area contributed by atoms with Gasteiger partial charge in [0.15, 0.2) is 5.78 Å². The van der Waals surface area contributed by atoms with Crippen LogP contribution in [0.15, 0.2) is 23.1 Å². The van der Waals surface area contributed by atoms with Crippen LogP contribution in [0.1, 0.15) is 31.2 Å². The van der Waals surface area contributed by atoms with Crippen molar-refractivity contribution in [1.29, 1.82) is 0 Å². The quantitative estimate of drug-likeness (QED) is 0.884. The molecule has 0 spiro atoms. The molecule has 9 heteroatoms. The van der Waals surface area contributed by atoms with Crippen molar-refractivity contribution in [2.24, 2.45) is 5.92 Å². The summed E-state index contributed by atoms with van der Waals surface area (Å²) in [5.74, 6) is -3.94. The van der Waals surface area contributed by atoms with Gasteiger partial charge in [0.1, 0.15) is 4.90 Å². The van der Waals surface area contributed by atoms with E-state index in [9.17, 15) is 26.8 Å². The van der Waals surface area contributed by atoms with Gasteiger partial charge in [0.2, 0.25) is 5.92 Å². The lowest BCUT2D eigenvalue weighted by Gasteiger charge is -2.31. The van der Waals surface area contributed by atoms with Crippen LogP contribution < -0.4 is 5.32 Å². The van der Waals surface area contributed by atoms with Gasteiger partial charge in [-0.3, -0.25) is 4.79 Å². The highest BCUT2D eigenvalue weighted by Gasteiger charge is 2.41. The SMILES string of the molecule is Cc1ccc2c(c1)NC(=O)N(CC(=O)C1CCC(F)(F)CC1)S2(=O)=O. The summed E-state index contributed by atoms with van der Waals surface area (Å²) in [5.41, 5.74) is 0.952. The maximum absolute atomic E-state index is 13.2. The Morgan fingerprint density at radius 3 is 2.60 bits per heavy atom. The number of ketones is 1. The zero-order chi connectivity index (χ0) is 18.4. The lowest BCUT2D eigenvalue weighted by Crippen LogP contribution is -2.47. The maximum atomic E-state index is 13.2. The minimum Gasteiger partial charge on any atom is -0.306 e. The summed E-state index contributed by atoms with van der Waals surface area (Å²) >= 11 is 0. The number of carbonyl (C=O) groups is 2. The number of hydrogen-bond acceptors (Lipinski definition) is 4. The minimum atomic E-state index is -4.15. The van der Waals surface area contributed by atoms with Crippen molar-refractivity contribution in [3.8, 4) is 0 Å². The van der Waals surface area contributed by atoms with E-state index in [2.05, 4.69) is 5.32 Å². The number of rotatable bonds is 3. The van der Waals surface area contributed by atoms with Crippen molar-refractivity contribution in [2.75, 3.05) is 11.9 Å². The Kier molecular flexibility index (Phi) is 4.30. The van der Waals surface area contributed by atoms with Crippen LogP contribution in [-0.4, -0.2) is 37.0 Å². The molecule has 0 radical (unpaired) electrons. The van der Waals surface area contributed by atoms with Crippen LogP contribution >= 0.6 is 0 Å². The molecule has 3 rings (SSSR count). The molecule has 1 saturated carbocycles. The van der Waals surface area contributed by atoms with E-state index >= 15 is 0 Å². The van der Waals surface area contributed by atoms with E-state index in [0.717, 1.165) is 5.56 Å².